The van der Waals surface area contributed by atoms with Crippen LogP contribution in [-0.2, 0) is 16.6 Å². The zero-order valence-corrected chi connectivity index (χ0v) is 15.4. The molecule has 1 aliphatic heterocycles. The average molecular weight is 376 g/mol. The van der Waals surface area contributed by atoms with Gasteiger partial charge in [-0.15, -0.1) is 0 Å². The second-order valence-corrected chi connectivity index (χ2v) is 6.85. The minimum atomic E-state index is -0.763. The van der Waals surface area contributed by atoms with Gasteiger partial charge in [-0.05, 0) is 42.1 Å². The van der Waals surface area contributed by atoms with E-state index in [1.807, 2.05) is 42.1 Å². The van der Waals surface area contributed by atoms with Crippen molar-refractivity contribution in [1.82, 2.24) is 9.88 Å². The monoisotopic (exact) mass is 376 g/mol. The van der Waals surface area contributed by atoms with Gasteiger partial charge in [0.15, 0.2) is 0 Å². The molecule has 4 rings (SSSR count). The summed E-state index contributed by atoms with van der Waals surface area (Å²) in [5.41, 5.74) is 2.61. The number of nitrogens with one attached hydrogen (secondary N) is 3. The molecule has 3 aromatic rings. The summed E-state index contributed by atoms with van der Waals surface area (Å²) in [5.74, 6) is -0.859. The van der Waals surface area contributed by atoms with Gasteiger partial charge in [-0.25, -0.2) is 0 Å². The number of benzene rings is 2. The smallest absolute Gasteiger partial charge is 0.254 e. The zero-order chi connectivity index (χ0) is 19.7. The third-order valence-corrected chi connectivity index (χ3v) is 4.88. The number of carbonyl (C=O) groups excluding carboxylic acids is 3. The van der Waals surface area contributed by atoms with E-state index >= 15 is 0 Å². The molecule has 0 unspecified atom stereocenters. The van der Waals surface area contributed by atoms with Gasteiger partial charge in [-0.3, -0.25) is 14.4 Å². The third kappa shape index (κ3) is 3.46. The van der Waals surface area contributed by atoms with Crippen LogP contribution in [0, 0.1) is 0 Å². The SMILES string of the molecule is Cn1ccc2ccc(NC(=O)CC[C@H]3NC(=O)c4ccccc4NC3=O)cc21. The van der Waals surface area contributed by atoms with E-state index in [0.29, 0.717) is 16.9 Å². The van der Waals surface area contributed by atoms with Crippen molar-refractivity contribution in [1.29, 1.82) is 0 Å². The Morgan fingerprint density at radius 1 is 1.14 bits per heavy atom. The van der Waals surface area contributed by atoms with E-state index < -0.39 is 6.04 Å². The topological polar surface area (TPSA) is 92.2 Å². The lowest BCUT2D eigenvalue weighted by Crippen LogP contribution is -2.41. The van der Waals surface area contributed by atoms with E-state index in [0.717, 1.165) is 10.9 Å². The first-order valence-corrected chi connectivity index (χ1v) is 9.07. The molecule has 1 aromatic heterocycles. The molecule has 28 heavy (non-hydrogen) atoms. The fourth-order valence-corrected chi connectivity index (χ4v) is 3.35. The van der Waals surface area contributed by atoms with E-state index in [1.165, 1.54) is 0 Å². The molecule has 2 aromatic carbocycles. The first kappa shape index (κ1) is 17.8. The molecule has 0 radical (unpaired) electrons. The second kappa shape index (κ2) is 7.19. The van der Waals surface area contributed by atoms with Crippen LogP contribution < -0.4 is 16.0 Å². The summed E-state index contributed by atoms with van der Waals surface area (Å²) in [7, 11) is 1.94. The van der Waals surface area contributed by atoms with Crippen LogP contribution >= 0.6 is 0 Å². The number of amides is 3. The lowest BCUT2D eigenvalue weighted by Gasteiger charge is -2.14. The Balaban J connectivity index is 1.39. The van der Waals surface area contributed by atoms with Crippen molar-refractivity contribution in [3.8, 4) is 0 Å². The van der Waals surface area contributed by atoms with Crippen LogP contribution in [0.1, 0.15) is 23.2 Å². The lowest BCUT2D eigenvalue weighted by atomic mass is 10.1. The minimum Gasteiger partial charge on any atom is -0.350 e. The Morgan fingerprint density at radius 3 is 2.82 bits per heavy atom. The molecule has 142 valence electrons. The highest BCUT2D eigenvalue weighted by Crippen LogP contribution is 2.21. The Hall–Kier alpha value is -3.61. The van der Waals surface area contributed by atoms with Gasteiger partial charge >= 0.3 is 0 Å². The molecule has 0 saturated heterocycles. The second-order valence-electron chi connectivity index (χ2n) is 6.85. The van der Waals surface area contributed by atoms with Crippen LogP contribution in [-0.4, -0.2) is 28.3 Å². The molecule has 0 spiro atoms. The summed E-state index contributed by atoms with van der Waals surface area (Å²) in [6.45, 7) is 0. The third-order valence-electron chi connectivity index (χ3n) is 4.88. The molecule has 7 heteroatoms. The Bertz CT molecular complexity index is 1090. The maximum Gasteiger partial charge on any atom is 0.254 e. The lowest BCUT2D eigenvalue weighted by molar-refractivity contribution is -0.118. The number of nitrogens with zero attached hydrogens (tertiary/aromatic N) is 1. The zero-order valence-electron chi connectivity index (χ0n) is 15.4. The molecular formula is C21H20N4O3. The number of rotatable bonds is 4. The number of aryl methyl sites for hydroxylation is 1. The van der Waals surface area contributed by atoms with Gasteiger partial charge < -0.3 is 20.5 Å². The first-order chi connectivity index (χ1) is 13.5. The van der Waals surface area contributed by atoms with Crippen molar-refractivity contribution < 1.29 is 14.4 Å². The predicted molar refractivity (Wildman–Crippen MR) is 107 cm³/mol. The van der Waals surface area contributed by atoms with E-state index in [2.05, 4.69) is 16.0 Å². The number of aromatic nitrogens is 1. The van der Waals surface area contributed by atoms with Gasteiger partial charge in [0.1, 0.15) is 6.04 Å². The maximum atomic E-state index is 12.4. The molecule has 0 fully saturated rings. The Labute approximate surface area is 161 Å². The van der Waals surface area contributed by atoms with Crippen LogP contribution in [0.5, 0.6) is 0 Å². The van der Waals surface area contributed by atoms with Crippen molar-refractivity contribution in [2.45, 2.75) is 18.9 Å². The molecule has 0 aliphatic carbocycles. The van der Waals surface area contributed by atoms with Crippen LogP contribution in [0.25, 0.3) is 10.9 Å². The fourth-order valence-electron chi connectivity index (χ4n) is 3.35. The van der Waals surface area contributed by atoms with Crippen molar-refractivity contribution in [3.63, 3.8) is 0 Å². The Kier molecular flexibility index (Phi) is 4.57. The molecule has 0 bridgehead atoms. The highest BCUT2D eigenvalue weighted by Gasteiger charge is 2.27. The van der Waals surface area contributed by atoms with Gasteiger partial charge in [0.2, 0.25) is 11.8 Å². The fraction of sp³-hybridized carbons (Fsp3) is 0.190. The highest BCUT2D eigenvalue weighted by atomic mass is 16.2. The van der Waals surface area contributed by atoms with Gasteiger partial charge in [0.05, 0.1) is 11.3 Å². The van der Waals surface area contributed by atoms with Gasteiger partial charge in [0.25, 0.3) is 5.91 Å². The first-order valence-electron chi connectivity index (χ1n) is 9.07. The van der Waals surface area contributed by atoms with Gasteiger partial charge in [0, 0.05) is 30.9 Å². The van der Waals surface area contributed by atoms with E-state index in [9.17, 15) is 14.4 Å². The summed E-state index contributed by atoms with van der Waals surface area (Å²) in [6, 6.07) is 13.8. The number of para-hydroxylation sites is 1. The number of carbonyl (C=O) groups is 3. The largest absolute Gasteiger partial charge is 0.350 e. The quantitative estimate of drug-likeness (QED) is 0.654. The van der Waals surface area contributed by atoms with Crippen molar-refractivity contribution >= 4 is 40.0 Å². The predicted octanol–water partition coefficient (Wildman–Crippen LogP) is 2.65. The van der Waals surface area contributed by atoms with Crippen molar-refractivity contribution in [3.05, 3.63) is 60.3 Å². The van der Waals surface area contributed by atoms with Crippen molar-refractivity contribution in [2.75, 3.05) is 10.6 Å². The summed E-state index contributed by atoms with van der Waals surface area (Å²) < 4.78 is 1.98. The standard InChI is InChI=1S/C21H20N4O3/c1-25-11-10-13-6-7-14(12-18(13)25)22-19(26)9-8-17-21(28)23-16-5-3-2-4-15(16)20(27)24-17/h2-7,10-12,17H,8-9H2,1H3,(H,22,26)(H,23,28)(H,24,27)/t17-/m1/s1. The molecule has 7 nitrogen and oxygen atoms in total. The van der Waals surface area contributed by atoms with Gasteiger partial charge in [-0.2, -0.15) is 0 Å². The van der Waals surface area contributed by atoms with Crippen LogP contribution in [0.3, 0.4) is 0 Å². The Morgan fingerprint density at radius 2 is 1.96 bits per heavy atom. The molecule has 2 heterocycles. The number of fused-ring (bicyclic) bond motifs is 2. The van der Waals surface area contributed by atoms with Crippen LogP contribution in [0.4, 0.5) is 11.4 Å². The number of hydrogen-bond donors (Lipinski definition) is 3. The minimum absolute atomic E-state index is 0.111. The number of hydrogen-bond acceptors (Lipinski definition) is 3. The number of anilines is 2. The van der Waals surface area contributed by atoms with Gasteiger partial charge in [-0.1, -0.05) is 18.2 Å². The van der Waals surface area contributed by atoms with Crippen LogP contribution in [0.15, 0.2) is 54.7 Å². The molecule has 0 saturated carbocycles. The summed E-state index contributed by atoms with van der Waals surface area (Å²) >= 11 is 0. The summed E-state index contributed by atoms with van der Waals surface area (Å²) in [6.07, 6.45) is 2.28. The summed E-state index contributed by atoms with van der Waals surface area (Å²) in [4.78, 5) is 37.1. The maximum absolute atomic E-state index is 12.4. The normalized spacial score (nSPS) is 16.1. The van der Waals surface area contributed by atoms with Crippen molar-refractivity contribution in [2.24, 2.45) is 7.05 Å². The molecule has 3 amide bonds. The van der Waals surface area contributed by atoms with E-state index in [-0.39, 0.29) is 30.6 Å². The molecule has 1 atom stereocenters. The molecule has 1 aliphatic rings. The highest BCUT2D eigenvalue weighted by molar-refractivity contribution is 6.10. The van der Waals surface area contributed by atoms with Crippen LogP contribution in [0.2, 0.25) is 0 Å². The average Bonchev–Trinajstić information content (AvgIpc) is 2.99. The molecule has 3 N–H and O–H groups in total. The van der Waals surface area contributed by atoms with E-state index in [1.54, 1.807) is 24.3 Å². The van der Waals surface area contributed by atoms with E-state index in [4.69, 9.17) is 0 Å². The summed E-state index contributed by atoms with van der Waals surface area (Å²) in [5, 5.41) is 9.39. The molecular weight excluding hydrogens is 356 g/mol.